The quantitative estimate of drug-likeness (QED) is 0.184. The van der Waals surface area contributed by atoms with Crippen LogP contribution in [0.15, 0.2) is 24.3 Å². The summed E-state index contributed by atoms with van der Waals surface area (Å²) in [5, 5.41) is 14.6. The van der Waals surface area contributed by atoms with E-state index in [4.69, 9.17) is 25.6 Å². The lowest BCUT2D eigenvalue weighted by molar-refractivity contribution is 0.107. The van der Waals surface area contributed by atoms with Gasteiger partial charge in [-0.25, -0.2) is 17.6 Å². The second-order valence-corrected chi connectivity index (χ2v) is 14.1. The molecule has 0 amide bonds. The van der Waals surface area contributed by atoms with Gasteiger partial charge in [-0.15, -0.1) is 6.42 Å². The predicted octanol–water partition coefficient (Wildman–Crippen LogP) is 5.48. The smallest absolute Gasteiger partial charge is 0.319 e. The Balaban J connectivity index is 1.35. The standard InChI is InChI=1S/C37H37F4N5O4/c1-4-24-26(39)7-6-20-12-23(47)13-25(27(20)24)28-30(40)32-29(33(49-3)31(28)41)34(45-16-22-8-10-36(17-45,44-22)18-48-2)43-35(42-32)50-19-37-9-5-11-46(37)15-21(38)14-37/h1,6-7,12-13,21-22,44,47H,5,8-11,14-19H2,2-3H3/t21-,22?,36?,37+/m1/s1. The lowest BCUT2D eigenvalue weighted by Gasteiger charge is -2.42. The van der Waals surface area contributed by atoms with Gasteiger partial charge in [-0.1, -0.05) is 12.0 Å². The number of phenolic OH excluding ortho intramolecular Hbond substituents is 1. The van der Waals surface area contributed by atoms with Crippen molar-refractivity contribution < 1.29 is 36.9 Å². The summed E-state index contributed by atoms with van der Waals surface area (Å²) in [7, 11) is 2.89. The first kappa shape index (κ1) is 32.8. The summed E-state index contributed by atoms with van der Waals surface area (Å²) in [6.07, 6.45) is 8.36. The topological polar surface area (TPSA) is 92.2 Å². The molecule has 5 heterocycles. The summed E-state index contributed by atoms with van der Waals surface area (Å²) in [5.41, 5.74) is -2.25. The van der Waals surface area contributed by atoms with Crippen molar-refractivity contribution in [1.82, 2.24) is 20.2 Å². The van der Waals surface area contributed by atoms with E-state index in [0.717, 1.165) is 44.4 Å². The van der Waals surface area contributed by atoms with E-state index in [1.165, 1.54) is 19.2 Å². The van der Waals surface area contributed by atoms with Gasteiger partial charge in [0.25, 0.3) is 0 Å². The average molecular weight is 692 g/mol. The molecule has 4 saturated heterocycles. The van der Waals surface area contributed by atoms with Crippen LogP contribution in [-0.4, -0.2) is 96.9 Å². The molecule has 8 rings (SSSR count). The van der Waals surface area contributed by atoms with Crippen molar-refractivity contribution >= 4 is 27.5 Å². The van der Waals surface area contributed by atoms with Crippen molar-refractivity contribution in [3.05, 3.63) is 47.3 Å². The minimum atomic E-state index is -1.10. The fraction of sp³-hybridized carbons (Fsp3) is 0.459. The molecule has 0 radical (unpaired) electrons. The van der Waals surface area contributed by atoms with Crippen molar-refractivity contribution in [2.24, 2.45) is 0 Å². The number of alkyl halides is 1. The van der Waals surface area contributed by atoms with Gasteiger partial charge in [0.1, 0.15) is 35.7 Å². The molecule has 4 aromatic rings. The monoisotopic (exact) mass is 691 g/mol. The van der Waals surface area contributed by atoms with Gasteiger partial charge in [0.2, 0.25) is 0 Å². The number of aromatic nitrogens is 2. The molecule has 4 atom stereocenters. The first-order valence-electron chi connectivity index (χ1n) is 16.8. The van der Waals surface area contributed by atoms with Crippen LogP contribution in [0.4, 0.5) is 23.4 Å². The van der Waals surface area contributed by atoms with Crippen LogP contribution in [0.2, 0.25) is 0 Å². The van der Waals surface area contributed by atoms with Crippen LogP contribution in [-0.2, 0) is 4.74 Å². The van der Waals surface area contributed by atoms with Crippen molar-refractivity contribution in [2.75, 3.05) is 58.5 Å². The number of nitrogens with zero attached hydrogens (tertiary/aromatic N) is 4. The highest BCUT2D eigenvalue weighted by atomic mass is 19.1. The Bertz CT molecular complexity index is 2070. The highest BCUT2D eigenvalue weighted by Gasteiger charge is 2.50. The third-order valence-electron chi connectivity index (χ3n) is 11.0. The van der Waals surface area contributed by atoms with Crippen LogP contribution in [0.25, 0.3) is 32.8 Å². The molecule has 4 fully saturated rings. The van der Waals surface area contributed by atoms with Crippen molar-refractivity contribution in [2.45, 2.75) is 55.4 Å². The summed E-state index contributed by atoms with van der Waals surface area (Å²) in [6, 6.07) is 4.89. The van der Waals surface area contributed by atoms with Crippen LogP contribution in [0.1, 0.15) is 37.7 Å². The number of rotatable bonds is 8. The molecule has 4 aliphatic heterocycles. The highest BCUT2D eigenvalue weighted by molar-refractivity contribution is 6.06. The SMILES string of the molecule is C#Cc1c(F)ccc2cc(O)cc(-c3c(F)c(OC)c4c(N5CC6CCC(COC)(C5)N6)nc(OC[C@@]56CCCN5C[C@H](F)C6)nc4c3F)c12. The number of nitrogens with one attached hydrogen (secondary N) is 1. The zero-order chi connectivity index (χ0) is 34.9. The van der Waals surface area contributed by atoms with E-state index in [2.05, 4.69) is 21.1 Å². The number of hydrogen-bond donors (Lipinski definition) is 2. The van der Waals surface area contributed by atoms with E-state index < -0.39 is 40.3 Å². The number of ether oxygens (including phenoxy) is 3. The summed E-state index contributed by atoms with van der Waals surface area (Å²) in [6.45, 7) is 2.48. The molecule has 0 aliphatic carbocycles. The van der Waals surface area contributed by atoms with Gasteiger partial charge >= 0.3 is 6.01 Å². The van der Waals surface area contributed by atoms with Gasteiger partial charge in [0, 0.05) is 50.2 Å². The van der Waals surface area contributed by atoms with Crippen molar-refractivity contribution in [3.8, 4) is 41.0 Å². The number of halogens is 4. The van der Waals surface area contributed by atoms with Gasteiger partial charge < -0.3 is 29.5 Å². The van der Waals surface area contributed by atoms with E-state index in [9.17, 15) is 9.50 Å². The Kier molecular flexibility index (Phi) is 7.97. The van der Waals surface area contributed by atoms with Gasteiger partial charge in [-0.2, -0.15) is 9.97 Å². The van der Waals surface area contributed by atoms with E-state index in [0.29, 0.717) is 32.7 Å². The molecule has 3 aromatic carbocycles. The molecule has 0 saturated carbocycles. The Morgan fingerprint density at radius 3 is 2.70 bits per heavy atom. The second-order valence-electron chi connectivity index (χ2n) is 14.1. The molecule has 0 spiro atoms. The molecule has 9 nitrogen and oxygen atoms in total. The van der Waals surface area contributed by atoms with Crippen LogP contribution in [0.5, 0.6) is 17.5 Å². The Morgan fingerprint density at radius 2 is 1.92 bits per heavy atom. The number of benzene rings is 3. The number of methoxy groups -OCH3 is 2. The van der Waals surface area contributed by atoms with Gasteiger partial charge in [0.15, 0.2) is 17.4 Å². The minimum absolute atomic E-state index is 0.00868. The predicted molar refractivity (Wildman–Crippen MR) is 180 cm³/mol. The number of aromatic hydroxyl groups is 1. The molecule has 262 valence electrons. The number of anilines is 1. The van der Waals surface area contributed by atoms with Gasteiger partial charge in [-0.3, -0.25) is 4.90 Å². The Hall–Kier alpha value is -4.38. The molecule has 4 aliphatic rings. The largest absolute Gasteiger partial charge is 0.508 e. The van der Waals surface area contributed by atoms with E-state index in [1.54, 1.807) is 7.11 Å². The van der Waals surface area contributed by atoms with Crippen LogP contribution < -0.4 is 19.7 Å². The van der Waals surface area contributed by atoms with Crippen LogP contribution in [0, 0.1) is 29.8 Å². The van der Waals surface area contributed by atoms with E-state index in [1.807, 2.05) is 4.90 Å². The number of terminal acetylenes is 1. The maximum absolute atomic E-state index is 17.2. The minimum Gasteiger partial charge on any atom is -0.508 e. The number of fused-ring (bicyclic) bond motifs is 5. The second kappa shape index (κ2) is 12.1. The van der Waals surface area contributed by atoms with E-state index >= 15 is 13.2 Å². The molecule has 2 bridgehead atoms. The first-order valence-corrected chi connectivity index (χ1v) is 16.8. The molecule has 13 heteroatoms. The average Bonchev–Trinajstić information content (AvgIpc) is 3.72. The Labute approximate surface area is 286 Å². The van der Waals surface area contributed by atoms with Gasteiger partial charge in [-0.05, 0) is 55.8 Å². The molecule has 1 aromatic heterocycles. The van der Waals surface area contributed by atoms with Crippen LogP contribution in [0.3, 0.4) is 0 Å². The summed E-state index contributed by atoms with van der Waals surface area (Å²) >= 11 is 0. The zero-order valence-corrected chi connectivity index (χ0v) is 27.8. The van der Waals surface area contributed by atoms with Crippen LogP contribution >= 0.6 is 0 Å². The van der Waals surface area contributed by atoms with E-state index in [-0.39, 0.29) is 68.8 Å². The molecule has 2 unspecified atom stereocenters. The van der Waals surface area contributed by atoms with Gasteiger partial charge in [0.05, 0.1) is 41.3 Å². The third kappa shape index (κ3) is 5.10. The molecular formula is C37H37F4N5O4. The lowest BCUT2D eigenvalue weighted by Crippen LogP contribution is -2.61. The number of phenols is 1. The summed E-state index contributed by atoms with van der Waals surface area (Å²) in [5.74, 6) is -1.09. The Morgan fingerprint density at radius 1 is 1.08 bits per heavy atom. The lowest BCUT2D eigenvalue weighted by atomic mass is 9.92. The maximum atomic E-state index is 17.2. The highest BCUT2D eigenvalue weighted by Crippen LogP contribution is 2.47. The molecule has 50 heavy (non-hydrogen) atoms. The zero-order valence-electron chi connectivity index (χ0n) is 27.8. The summed E-state index contributed by atoms with van der Waals surface area (Å²) < 4.78 is 81.3. The third-order valence-corrected chi connectivity index (χ3v) is 11.0. The molecule has 2 N–H and O–H groups in total. The first-order chi connectivity index (χ1) is 24.1. The number of piperazine rings is 1. The fourth-order valence-electron chi connectivity index (χ4n) is 8.95. The van der Waals surface area contributed by atoms with Crippen molar-refractivity contribution in [3.63, 3.8) is 0 Å². The maximum Gasteiger partial charge on any atom is 0.319 e. The molecular weight excluding hydrogens is 654 g/mol. The number of hydrogen-bond acceptors (Lipinski definition) is 9. The summed E-state index contributed by atoms with van der Waals surface area (Å²) in [4.78, 5) is 13.3. The normalized spacial score (nSPS) is 26.1. The van der Waals surface area contributed by atoms with Crippen molar-refractivity contribution in [1.29, 1.82) is 0 Å². The fourth-order valence-corrected chi connectivity index (χ4v) is 8.95.